The Hall–Kier alpha value is -3.91. The highest BCUT2D eigenvalue weighted by molar-refractivity contribution is 8.18. The molecule has 2 heterocycles. The van der Waals surface area contributed by atoms with E-state index in [0.29, 0.717) is 43.8 Å². The van der Waals surface area contributed by atoms with E-state index in [9.17, 15) is 4.79 Å². The van der Waals surface area contributed by atoms with Crippen molar-refractivity contribution in [1.29, 1.82) is 0 Å². The van der Waals surface area contributed by atoms with E-state index in [-0.39, 0.29) is 19.1 Å². The third-order valence-corrected chi connectivity index (χ3v) is 7.91. The number of thioether (sulfide) groups is 1. The Balaban J connectivity index is 1.47. The Morgan fingerprint density at radius 2 is 1.88 bits per heavy atom. The number of furan rings is 1. The summed E-state index contributed by atoms with van der Waals surface area (Å²) in [6.07, 6.45) is 5.76. The Morgan fingerprint density at radius 1 is 1.05 bits per heavy atom. The van der Waals surface area contributed by atoms with Crippen LogP contribution in [0.1, 0.15) is 22.5 Å². The van der Waals surface area contributed by atoms with Gasteiger partial charge in [-0.3, -0.25) is 9.69 Å². The van der Waals surface area contributed by atoms with Gasteiger partial charge in [-0.2, -0.15) is 0 Å². The molecular weight excluding hydrogens is 579 g/mol. The Bertz CT molecular complexity index is 1620. The van der Waals surface area contributed by atoms with Crippen LogP contribution in [0.3, 0.4) is 0 Å². The van der Waals surface area contributed by atoms with E-state index in [1.54, 1.807) is 42.5 Å². The number of para-hydroxylation sites is 1. The SMILES string of the molecule is C=CCc1cc(/C=C2\SC(=Nc3ccccc3)N(Cc3ccco3)C2=O)cc(OC)c1OCc1ccc(Cl)c(Cl)c1. The molecule has 1 aromatic heterocycles. The molecule has 0 unspecified atom stereocenters. The predicted octanol–water partition coefficient (Wildman–Crippen LogP) is 8.71. The van der Waals surface area contributed by atoms with Gasteiger partial charge in [0, 0.05) is 5.56 Å². The van der Waals surface area contributed by atoms with E-state index in [1.165, 1.54) is 11.8 Å². The first-order valence-corrected chi connectivity index (χ1v) is 14.3. The van der Waals surface area contributed by atoms with Gasteiger partial charge in [-0.05, 0) is 83.9 Å². The lowest BCUT2D eigenvalue weighted by Crippen LogP contribution is -2.28. The molecule has 1 fully saturated rings. The highest BCUT2D eigenvalue weighted by Crippen LogP contribution is 2.39. The average Bonchev–Trinajstić information content (AvgIpc) is 3.59. The number of methoxy groups -OCH3 is 1. The standard InChI is InChI=1S/C32H26Cl2N2O4S/c1-3-8-23-15-22(17-28(38-2)30(23)40-20-21-12-13-26(33)27(34)16-21)18-29-31(37)36(19-25-11-7-14-39-25)32(41-29)35-24-9-5-4-6-10-24/h3-7,9-18H,1,8,19-20H2,2H3/b29-18-,35-32?. The molecule has 9 heteroatoms. The number of amides is 1. The monoisotopic (exact) mass is 604 g/mol. The highest BCUT2D eigenvalue weighted by atomic mass is 35.5. The lowest BCUT2D eigenvalue weighted by atomic mass is 10.0. The van der Waals surface area contributed by atoms with E-state index in [4.69, 9.17) is 42.1 Å². The van der Waals surface area contributed by atoms with Crippen molar-refractivity contribution in [2.75, 3.05) is 7.11 Å². The van der Waals surface area contributed by atoms with Gasteiger partial charge in [-0.25, -0.2) is 4.99 Å². The fraction of sp³-hybridized carbons (Fsp3) is 0.125. The van der Waals surface area contributed by atoms with Gasteiger partial charge < -0.3 is 13.9 Å². The van der Waals surface area contributed by atoms with Crippen LogP contribution in [0.25, 0.3) is 6.08 Å². The van der Waals surface area contributed by atoms with Crippen LogP contribution in [0.2, 0.25) is 10.0 Å². The number of ether oxygens (including phenoxy) is 2. The average molecular weight is 606 g/mol. The third-order valence-electron chi connectivity index (χ3n) is 6.17. The number of carbonyl (C=O) groups excluding carboxylic acids is 1. The van der Waals surface area contributed by atoms with Crippen LogP contribution >= 0.6 is 35.0 Å². The summed E-state index contributed by atoms with van der Waals surface area (Å²) in [5, 5.41) is 1.52. The molecule has 5 rings (SSSR count). The smallest absolute Gasteiger partial charge is 0.267 e. The fourth-order valence-electron chi connectivity index (χ4n) is 4.23. The Kier molecular flexibility index (Phi) is 9.19. The van der Waals surface area contributed by atoms with Crippen LogP contribution in [0.5, 0.6) is 11.5 Å². The number of rotatable bonds is 10. The van der Waals surface area contributed by atoms with Crippen LogP contribution in [0.4, 0.5) is 5.69 Å². The number of aliphatic imine (C=N–C) groups is 1. The Morgan fingerprint density at radius 3 is 2.59 bits per heavy atom. The van der Waals surface area contributed by atoms with Crippen molar-refractivity contribution in [3.63, 3.8) is 0 Å². The number of nitrogens with zero attached hydrogens (tertiary/aromatic N) is 2. The molecule has 0 atom stereocenters. The number of hydrogen-bond acceptors (Lipinski definition) is 6. The molecule has 41 heavy (non-hydrogen) atoms. The van der Waals surface area contributed by atoms with Crippen molar-refractivity contribution in [1.82, 2.24) is 4.90 Å². The molecule has 0 bridgehead atoms. The van der Waals surface area contributed by atoms with E-state index < -0.39 is 0 Å². The van der Waals surface area contributed by atoms with Gasteiger partial charge in [0.05, 0.1) is 40.6 Å². The van der Waals surface area contributed by atoms with Crippen molar-refractivity contribution < 1.29 is 18.7 Å². The maximum Gasteiger partial charge on any atom is 0.267 e. The molecule has 4 aromatic rings. The zero-order chi connectivity index (χ0) is 28.8. The summed E-state index contributed by atoms with van der Waals surface area (Å²) in [6, 6.07) is 22.4. The van der Waals surface area contributed by atoms with E-state index in [0.717, 1.165) is 22.4 Å². The first-order valence-electron chi connectivity index (χ1n) is 12.7. The lowest BCUT2D eigenvalue weighted by Gasteiger charge is -2.16. The summed E-state index contributed by atoms with van der Waals surface area (Å²) >= 11 is 13.5. The van der Waals surface area contributed by atoms with Gasteiger partial charge in [-0.1, -0.05) is 53.5 Å². The minimum atomic E-state index is -0.162. The number of carbonyl (C=O) groups is 1. The molecule has 3 aromatic carbocycles. The van der Waals surface area contributed by atoms with Crippen LogP contribution in [-0.4, -0.2) is 23.1 Å². The molecule has 1 aliphatic heterocycles. The normalized spacial score (nSPS) is 15.1. The van der Waals surface area contributed by atoms with Crippen molar-refractivity contribution in [3.05, 3.63) is 129 Å². The van der Waals surface area contributed by atoms with Crippen LogP contribution in [0.15, 0.2) is 106 Å². The molecule has 0 saturated carbocycles. The number of allylic oxidation sites excluding steroid dienone is 1. The largest absolute Gasteiger partial charge is 0.493 e. The van der Waals surface area contributed by atoms with E-state index >= 15 is 0 Å². The molecule has 1 aliphatic rings. The van der Waals surface area contributed by atoms with Crippen LogP contribution in [0, 0.1) is 0 Å². The topological polar surface area (TPSA) is 64.3 Å². The second kappa shape index (κ2) is 13.2. The van der Waals surface area contributed by atoms with Crippen molar-refractivity contribution in [3.8, 4) is 11.5 Å². The summed E-state index contributed by atoms with van der Waals surface area (Å²) in [7, 11) is 1.58. The molecule has 0 N–H and O–H groups in total. The predicted molar refractivity (Wildman–Crippen MR) is 166 cm³/mol. The zero-order valence-corrected chi connectivity index (χ0v) is 24.5. The van der Waals surface area contributed by atoms with E-state index in [1.807, 2.05) is 60.7 Å². The summed E-state index contributed by atoms with van der Waals surface area (Å²) in [5.41, 5.74) is 3.28. The first kappa shape index (κ1) is 28.6. The summed E-state index contributed by atoms with van der Waals surface area (Å²) in [4.78, 5) is 20.5. The van der Waals surface area contributed by atoms with Crippen molar-refractivity contribution in [2.45, 2.75) is 19.6 Å². The molecule has 0 aliphatic carbocycles. The minimum Gasteiger partial charge on any atom is -0.493 e. The molecule has 1 saturated heterocycles. The number of halogens is 2. The van der Waals surface area contributed by atoms with Gasteiger partial charge in [0.2, 0.25) is 0 Å². The fourth-order valence-corrected chi connectivity index (χ4v) is 5.55. The van der Waals surface area contributed by atoms with Gasteiger partial charge >= 0.3 is 0 Å². The van der Waals surface area contributed by atoms with Gasteiger partial charge in [0.15, 0.2) is 16.7 Å². The van der Waals surface area contributed by atoms with Crippen molar-refractivity contribution in [2.24, 2.45) is 4.99 Å². The molecule has 0 radical (unpaired) electrons. The quantitative estimate of drug-likeness (QED) is 0.134. The second-order valence-electron chi connectivity index (χ2n) is 9.05. The molecule has 0 spiro atoms. The summed E-state index contributed by atoms with van der Waals surface area (Å²) in [6.45, 7) is 4.44. The third kappa shape index (κ3) is 6.88. The molecule has 1 amide bonds. The summed E-state index contributed by atoms with van der Waals surface area (Å²) < 4.78 is 17.4. The number of benzene rings is 3. The lowest BCUT2D eigenvalue weighted by molar-refractivity contribution is -0.122. The maximum absolute atomic E-state index is 13.6. The summed E-state index contributed by atoms with van der Waals surface area (Å²) in [5.74, 6) is 1.64. The van der Waals surface area contributed by atoms with Gasteiger partial charge in [-0.15, -0.1) is 6.58 Å². The van der Waals surface area contributed by atoms with E-state index in [2.05, 4.69) is 6.58 Å². The highest BCUT2D eigenvalue weighted by Gasteiger charge is 2.34. The van der Waals surface area contributed by atoms with Crippen LogP contribution in [-0.2, 0) is 24.4 Å². The van der Waals surface area contributed by atoms with Gasteiger partial charge in [0.25, 0.3) is 5.91 Å². The zero-order valence-electron chi connectivity index (χ0n) is 22.2. The Labute approximate surface area is 252 Å². The number of amidine groups is 1. The maximum atomic E-state index is 13.6. The molecule has 6 nitrogen and oxygen atoms in total. The number of hydrogen-bond donors (Lipinski definition) is 0. The second-order valence-corrected chi connectivity index (χ2v) is 10.9. The van der Waals surface area contributed by atoms with Gasteiger partial charge in [0.1, 0.15) is 12.4 Å². The van der Waals surface area contributed by atoms with Crippen LogP contribution < -0.4 is 9.47 Å². The minimum absolute atomic E-state index is 0.162. The van der Waals surface area contributed by atoms with Crippen molar-refractivity contribution >= 4 is 57.8 Å². The molecule has 208 valence electrons. The molecular formula is C32H26Cl2N2O4S. The first-order chi connectivity index (χ1) is 19.9.